The number of halogens is 2. The molecule has 2 aromatic carbocycles. The van der Waals surface area contributed by atoms with Gasteiger partial charge in [0.2, 0.25) is 0 Å². The molecule has 0 nitrogen and oxygen atoms in total. The van der Waals surface area contributed by atoms with Crippen LogP contribution in [0.2, 0.25) is 0 Å². The van der Waals surface area contributed by atoms with Crippen LogP contribution in [-0.4, -0.2) is 0 Å². The van der Waals surface area contributed by atoms with Crippen molar-refractivity contribution in [3.8, 4) is 23.0 Å². The molecule has 0 aliphatic heterocycles. The van der Waals surface area contributed by atoms with Crippen molar-refractivity contribution in [2.75, 3.05) is 0 Å². The van der Waals surface area contributed by atoms with Gasteiger partial charge in [-0.2, -0.15) is 0 Å². The summed E-state index contributed by atoms with van der Waals surface area (Å²) < 4.78 is 26.4. The Morgan fingerprint density at radius 2 is 1.56 bits per heavy atom. The van der Waals surface area contributed by atoms with Crippen molar-refractivity contribution in [3.05, 3.63) is 59.7 Å². The molecule has 0 bridgehead atoms. The summed E-state index contributed by atoms with van der Waals surface area (Å²) in [6.45, 7) is 2.26. The fourth-order valence-electron chi connectivity index (χ4n) is 3.61. The Morgan fingerprint density at radius 3 is 2.20 bits per heavy atom. The lowest BCUT2D eigenvalue weighted by Crippen LogP contribution is -2.13. The zero-order valence-corrected chi connectivity index (χ0v) is 14.7. The Hall–Kier alpha value is -2.14. The van der Waals surface area contributed by atoms with Crippen molar-refractivity contribution in [2.45, 2.75) is 45.4 Å². The van der Waals surface area contributed by atoms with Crippen LogP contribution in [0.4, 0.5) is 8.78 Å². The predicted molar refractivity (Wildman–Crippen MR) is 99.0 cm³/mol. The fourth-order valence-corrected chi connectivity index (χ4v) is 3.61. The van der Waals surface area contributed by atoms with Crippen LogP contribution in [0.1, 0.15) is 51.0 Å². The Balaban J connectivity index is 1.63. The highest BCUT2D eigenvalue weighted by molar-refractivity contribution is 5.64. The SMILES string of the molecule is CCCC1CCC(C#Cc2ccc(-c3ccc(F)c(F)c3)cc2)CC1. The minimum Gasteiger partial charge on any atom is -0.204 e. The highest BCUT2D eigenvalue weighted by Crippen LogP contribution is 2.31. The second-order valence-electron chi connectivity index (χ2n) is 6.98. The van der Waals surface area contributed by atoms with E-state index < -0.39 is 11.6 Å². The van der Waals surface area contributed by atoms with Crippen LogP contribution in [0.3, 0.4) is 0 Å². The van der Waals surface area contributed by atoms with E-state index in [0.717, 1.165) is 23.1 Å². The predicted octanol–water partition coefficient (Wildman–Crippen LogP) is 6.59. The summed E-state index contributed by atoms with van der Waals surface area (Å²) in [5, 5.41) is 0. The van der Waals surface area contributed by atoms with Gasteiger partial charge < -0.3 is 0 Å². The summed E-state index contributed by atoms with van der Waals surface area (Å²) in [6.07, 6.45) is 7.68. The van der Waals surface area contributed by atoms with E-state index >= 15 is 0 Å². The average Bonchev–Trinajstić information content (AvgIpc) is 2.64. The van der Waals surface area contributed by atoms with Gasteiger partial charge in [-0.1, -0.05) is 49.8 Å². The highest BCUT2D eigenvalue weighted by atomic mass is 19.2. The van der Waals surface area contributed by atoms with Crippen LogP contribution in [0.15, 0.2) is 42.5 Å². The molecule has 0 spiro atoms. The molecule has 0 amide bonds. The third-order valence-electron chi connectivity index (χ3n) is 5.10. The van der Waals surface area contributed by atoms with Crippen LogP contribution >= 0.6 is 0 Å². The van der Waals surface area contributed by atoms with Gasteiger partial charge in [-0.15, -0.1) is 0 Å². The fraction of sp³-hybridized carbons (Fsp3) is 0.391. The molecule has 0 unspecified atom stereocenters. The number of rotatable bonds is 3. The van der Waals surface area contributed by atoms with Crippen LogP contribution in [-0.2, 0) is 0 Å². The molecule has 0 radical (unpaired) electrons. The van der Waals surface area contributed by atoms with Gasteiger partial charge in [0, 0.05) is 11.5 Å². The first-order valence-corrected chi connectivity index (χ1v) is 9.22. The topological polar surface area (TPSA) is 0 Å². The van der Waals surface area contributed by atoms with Crippen molar-refractivity contribution in [1.29, 1.82) is 0 Å². The highest BCUT2D eigenvalue weighted by Gasteiger charge is 2.18. The quantitative estimate of drug-likeness (QED) is 0.554. The van der Waals surface area contributed by atoms with Crippen LogP contribution in [0, 0.1) is 35.3 Å². The van der Waals surface area contributed by atoms with E-state index in [-0.39, 0.29) is 0 Å². The van der Waals surface area contributed by atoms with Gasteiger partial charge in [0.05, 0.1) is 0 Å². The number of hydrogen-bond donors (Lipinski definition) is 0. The van der Waals surface area contributed by atoms with E-state index in [1.165, 1.54) is 44.6 Å². The van der Waals surface area contributed by atoms with Crippen LogP contribution < -0.4 is 0 Å². The smallest absolute Gasteiger partial charge is 0.159 e. The third-order valence-corrected chi connectivity index (χ3v) is 5.10. The minimum atomic E-state index is -0.820. The zero-order chi connectivity index (χ0) is 17.6. The number of hydrogen-bond acceptors (Lipinski definition) is 0. The molecular formula is C23H24F2. The van der Waals surface area contributed by atoms with E-state index in [1.54, 1.807) is 6.07 Å². The lowest BCUT2D eigenvalue weighted by Gasteiger charge is -2.25. The van der Waals surface area contributed by atoms with E-state index in [0.29, 0.717) is 11.5 Å². The van der Waals surface area contributed by atoms with E-state index in [2.05, 4.69) is 18.8 Å². The third kappa shape index (κ3) is 4.69. The summed E-state index contributed by atoms with van der Waals surface area (Å²) in [7, 11) is 0. The Morgan fingerprint density at radius 1 is 0.880 bits per heavy atom. The summed E-state index contributed by atoms with van der Waals surface area (Å²) >= 11 is 0. The average molecular weight is 338 g/mol. The maximum Gasteiger partial charge on any atom is 0.159 e. The van der Waals surface area contributed by atoms with Gasteiger partial charge in [-0.05, 0) is 67.0 Å². The molecule has 1 fully saturated rings. The second kappa shape index (κ2) is 8.30. The molecule has 1 aliphatic rings. The molecule has 1 saturated carbocycles. The standard InChI is InChI=1S/C23H24F2/c1-2-3-17-4-6-18(7-5-17)8-9-19-10-12-20(13-11-19)21-14-15-22(24)23(25)16-21/h10-18H,2-7H2,1H3. The van der Waals surface area contributed by atoms with Gasteiger partial charge in [0.25, 0.3) is 0 Å². The molecule has 2 aromatic rings. The molecule has 3 rings (SSSR count). The molecule has 130 valence electrons. The molecular weight excluding hydrogens is 314 g/mol. The molecule has 25 heavy (non-hydrogen) atoms. The summed E-state index contributed by atoms with van der Waals surface area (Å²) in [5.41, 5.74) is 2.51. The molecule has 1 aliphatic carbocycles. The lowest BCUT2D eigenvalue weighted by molar-refractivity contribution is 0.300. The Bertz CT molecular complexity index is 757. The molecule has 0 atom stereocenters. The zero-order valence-electron chi connectivity index (χ0n) is 14.7. The van der Waals surface area contributed by atoms with Gasteiger partial charge in [-0.3, -0.25) is 0 Å². The maximum absolute atomic E-state index is 13.3. The first-order valence-electron chi connectivity index (χ1n) is 9.22. The molecule has 0 saturated heterocycles. The molecule has 0 heterocycles. The Kier molecular flexibility index (Phi) is 5.87. The van der Waals surface area contributed by atoms with Gasteiger partial charge >= 0.3 is 0 Å². The summed E-state index contributed by atoms with van der Waals surface area (Å²) in [5.74, 6) is 6.47. The summed E-state index contributed by atoms with van der Waals surface area (Å²) in [4.78, 5) is 0. The second-order valence-corrected chi connectivity index (χ2v) is 6.98. The van der Waals surface area contributed by atoms with Gasteiger partial charge in [-0.25, -0.2) is 8.78 Å². The molecule has 0 aromatic heterocycles. The number of benzene rings is 2. The van der Waals surface area contributed by atoms with Crippen molar-refractivity contribution < 1.29 is 8.78 Å². The molecule has 2 heteroatoms. The largest absolute Gasteiger partial charge is 0.204 e. The normalized spacial score (nSPS) is 20.0. The van der Waals surface area contributed by atoms with E-state index in [1.807, 2.05) is 24.3 Å². The summed E-state index contributed by atoms with van der Waals surface area (Å²) in [6, 6.07) is 11.7. The van der Waals surface area contributed by atoms with Crippen LogP contribution in [0.25, 0.3) is 11.1 Å². The van der Waals surface area contributed by atoms with Crippen molar-refractivity contribution in [2.24, 2.45) is 11.8 Å². The monoisotopic (exact) mass is 338 g/mol. The Labute approximate surface area is 149 Å². The van der Waals surface area contributed by atoms with Crippen LogP contribution in [0.5, 0.6) is 0 Å². The van der Waals surface area contributed by atoms with E-state index in [4.69, 9.17) is 0 Å². The maximum atomic E-state index is 13.3. The first kappa shape index (κ1) is 17.7. The van der Waals surface area contributed by atoms with E-state index in [9.17, 15) is 8.78 Å². The van der Waals surface area contributed by atoms with Gasteiger partial charge in [0.1, 0.15) is 0 Å². The van der Waals surface area contributed by atoms with Crippen molar-refractivity contribution >= 4 is 0 Å². The van der Waals surface area contributed by atoms with Crippen molar-refractivity contribution in [1.82, 2.24) is 0 Å². The lowest BCUT2D eigenvalue weighted by atomic mass is 9.80. The van der Waals surface area contributed by atoms with Crippen molar-refractivity contribution in [3.63, 3.8) is 0 Å². The van der Waals surface area contributed by atoms with Gasteiger partial charge in [0.15, 0.2) is 11.6 Å². The first-order chi connectivity index (χ1) is 12.2. The minimum absolute atomic E-state index is 0.513. The molecule has 0 N–H and O–H groups in total.